The molecule has 0 aliphatic rings. The van der Waals surface area contributed by atoms with Crippen LogP contribution >= 0.6 is 0 Å². The number of hydrogen-bond acceptors (Lipinski definition) is 2. The van der Waals surface area contributed by atoms with Gasteiger partial charge in [-0.3, -0.25) is 0 Å². The number of rotatable bonds is 5. The molecule has 0 saturated carbocycles. The van der Waals surface area contributed by atoms with E-state index in [0.717, 1.165) is 16.9 Å². The molecule has 2 amide bonds. The van der Waals surface area contributed by atoms with Crippen LogP contribution in [0.1, 0.15) is 29.7 Å². The van der Waals surface area contributed by atoms with Gasteiger partial charge in [0.05, 0.1) is 13.2 Å². The van der Waals surface area contributed by atoms with Crippen molar-refractivity contribution in [2.75, 3.05) is 7.11 Å². The summed E-state index contributed by atoms with van der Waals surface area (Å²) in [5.41, 5.74) is 3.33. The van der Waals surface area contributed by atoms with Crippen LogP contribution in [0.25, 0.3) is 0 Å². The quantitative estimate of drug-likeness (QED) is 0.886. The molecule has 1 atom stereocenters. The maximum absolute atomic E-state index is 12.0. The van der Waals surface area contributed by atoms with Crippen molar-refractivity contribution in [2.24, 2.45) is 0 Å². The Hall–Kier alpha value is -2.49. The molecule has 116 valence electrons. The molecule has 4 nitrogen and oxygen atoms in total. The number of ether oxygens (including phenoxy) is 1. The third-order valence-electron chi connectivity index (χ3n) is 3.61. The van der Waals surface area contributed by atoms with Gasteiger partial charge >= 0.3 is 6.03 Å². The number of hydrogen-bond donors (Lipinski definition) is 2. The van der Waals surface area contributed by atoms with Gasteiger partial charge in [0, 0.05) is 6.54 Å². The number of nitrogens with one attached hydrogen (secondary N) is 2. The SMILES string of the molecule is COc1ccc(CNC(=O)NC(C)c2ccccc2C)cc1. The van der Waals surface area contributed by atoms with Crippen molar-refractivity contribution >= 4 is 6.03 Å². The molecule has 0 saturated heterocycles. The van der Waals surface area contributed by atoms with Crippen LogP contribution in [0.15, 0.2) is 48.5 Å². The van der Waals surface area contributed by atoms with Crippen molar-refractivity contribution in [3.05, 3.63) is 65.2 Å². The summed E-state index contributed by atoms with van der Waals surface area (Å²) in [6, 6.07) is 15.5. The number of carbonyl (C=O) groups is 1. The second-order valence-electron chi connectivity index (χ2n) is 5.25. The molecule has 4 heteroatoms. The van der Waals surface area contributed by atoms with Crippen LogP contribution in [0.3, 0.4) is 0 Å². The fourth-order valence-electron chi connectivity index (χ4n) is 2.32. The summed E-state index contributed by atoms with van der Waals surface area (Å²) in [5.74, 6) is 0.807. The highest BCUT2D eigenvalue weighted by atomic mass is 16.5. The summed E-state index contributed by atoms with van der Waals surface area (Å²) in [6.07, 6.45) is 0. The highest BCUT2D eigenvalue weighted by Crippen LogP contribution is 2.16. The van der Waals surface area contributed by atoms with Crippen molar-refractivity contribution in [3.63, 3.8) is 0 Å². The first kappa shape index (κ1) is 15.9. The van der Waals surface area contributed by atoms with E-state index < -0.39 is 0 Å². The molecule has 0 heterocycles. The van der Waals surface area contributed by atoms with Gasteiger partial charge in [-0.25, -0.2) is 4.79 Å². The molecule has 2 aromatic rings. The largest absolute Gasteiger partial charge is 0.497 e. The van der Waals surface area contributed by atoms with E-state index in [1.54, 1.807) is 7.11 Å². The predicted octanol–water partition coefficient (Wildman–Crippen LogP) is 3.56. The second kappa shape index (κ2) is 7.50. The Labute approximate surface area is 131 Å². The maximum Gasteiger partial charge on any atom is 0.315 e. The van der Waals surface area contributed by atoms with Gasteiger partial charge < -0.3 is 15.4 Å². The third kappa shape index (κ3) is 4.25. The van der Waals surface area contributed by atoms with Gasteiger partial charge in [0.15, 0.2) is 0 Å². The Bertz CT molecular complexity index is 623. The average Bonchev–Trinajstić information content (AvgIpc) is 2.53. The van der Waals surface area contributed by atoms with Gasteiger partial charge in [-0.15, -0.1) is 0 Å². The molecule has 0 bridgehead atoms. The number of urea groups is 1. The van der Waals surface area contributed by atoms with Crippen LogP contribution in [-0.4, -0.2) is 13.1 Å². The van der Waals surface area contributed by atoms with Crippen LogP contribution in [0.4, 0.5) is 4.79 Å². The molecule has 0 spiro atoms. The van der Waals surface area contributed by atoms with Crippen molar-refractivity contribution in [2.45, 2.75) is 26.4 Å². The van der Waals surface area contributed by atoms with Crippen LogP contribution in [-0.2, 0) is 6.54 Å². The first-order chi connectivity index (χ1) is 10.6. The van der Waals surface area contributed by atoms with Crippen molar-refractivity contribution < 1.29 is 9.53 Å². The van der Waals surface area contributed by atoms with E-state index in [0.29, 0.717) is 6.54 Å². The van der Waals surface area contributed by atoms with E-state index in [1.165, 1.54) is 5.56 Å². The Morgan fingerprint density at radius 3 is 2.45 bits per heavy atom. The predicted molar refractivity (Wildman–Crippen MR) is 88.0 cm³/mol. The lowest BCUT2D eigenvalue weighted by atomic mass is 10.0. The van der Waals surface area contributed by atoms with Gasteiger partial charge in [-0.1, -0.05) is 36.4 Å². The van der Waals surface area contributed by atoms with Crippen LogP contribution in [0, 0.1) is 6.92 Å². The fourth-order valence-corrected chi connectivity index (χ4v) is 2.32. The van der Waals surface area contributed by atoms with E-state index in [4.69, 9.17) is 4.74 Å². The van der Waals surface area contributed by atoms with E-state index in [2.05, 4.69) is 10.6 Å². The fraction of sp³-hybridized carbons (Fsp3) is 0.278. The topological polar surface area (TPSA) is 50.4 Å². The molecule has 0 fully saturated rings. The molecular formula is C18H22N2O2. The zero-order valence-corrected chi connectivity index (χ0v) is 13.2. The molecule has 22 heavy (non-hydrogen) atoms. The smallest absolute Gasteiger partial charge is 0.315 e. The van der Waals surface area contributed by atoms with Gasteiger partial charge in [-0.2, -0.15) is 0 Å². The molecule has 1 unspecified atom stereocenters. The minimum absolute atomic E-state index is 0.0305. The molecule has 0 aliphatic carbocycles. The Morgan fingerprint density at radius 1 is 1.14 bits per heavy atom. The second-order valence-corrected chi connectivity index (χ2v) is 5.25. The summed E-state index contributed by atoms with van der Waals surface area (Å²) in [7, 11) is 1.63. The van der Waals surface area contributed by atoms with E-state index in [-0.39, 0.29) is 12.1 Å². The monoisotopic (exact) mass is 298 g/mol. The van der Waals surface area contributed by atoms with Crippen LogP contribution in [0.2, 0.25) is 0 Å². The minimum atomic E-state index is -0.174. The highest BCUT2D eigenvalue weighted by molar-refractivity contribution is 5.74. The lowest BCUT2D eigenvalue weighted by Crippen LogP contribution is -2.36. The average molecular weight is 298 g/mol. The standard InChI is InChI=1S/C18H22N2O2/c1-13-6-4-5-7-17(13)14(2)20-18(21)19-12-15-8-10-16(22-3)11-9-15/h4-11,14H,12H2,1-3H3,(H2,19,20,21). The van der Waals surface area contributed by atoms with Gasteiger partial charge in [0.2, 0.25) is 0 Å². The Balaban J connectivity index is 1.86. The number of carbonyl (C=O) groups excluding carboxylic acids is 1. The van der Waals surface area contributed by atoms with Crippen LogP contribution < -0.4 is 15.4 Å². The van der Waals surface area contributed by atoms with Crippen molar-refractivity contribution in [1.82, 2.24) is 10.6 Å². The molecular weight excluding hydrogens is 276 g/mol. The van der Waals surface area contributed by atoms with E-state index >= 15 is 0 Å². The first-order valence-corrected chi connectivity index (χ1v) is 7.33. The Morgan fingerprint density at radius 2 is 1.82 bits per heavy atom. The summed E-state index contributed by atoms with van der Waals surface area (Å²) in [5, 5.41) is 5.82. The molecule has 2 aromatic carbocycles. The zero-order valence-electron chi connectivity index (χ0n) is 13.2. The number of amides is 2. The summed E-state index contributed by atoms with van der Waals surface area (Å²) in [6.45, 7) is 4.51. The molecule has 2 rings (SSSR count). The number of methoxy groups -OCH3 is 1. The van der Waals surface area contributed by atoms with E-state index in [1.807, 2.05) is 62.4 Å². The summed E-state index contributed by atoms with van der Waals surface area (Å²) >= 11 is 0. The lowest BCUT2D eigenvalue weighted by molar-refractivity contribution is 0.237. The minimum Gasteiger partial charge on any atom is -0.497 e. The van der Waals surface area contributed by atoms with Gasteiger partial charge in [-0.05, 0) is 42.7 Å². The van der Waals surface area contributed by atoms with Gasteiger partial charge in [0.1, 0.15) is 5.75 Å². The molecule has 0 aromatic heterocycles. The third-order valence-corrected chi connectivity index (χ3v) is 3.61. The van der Waals surface area contributed by atoms with Gasteiger partial charge in [0.25, 0.3) is 0 Å². The number of aryl methyl sites for hydroxylation is 1. The maximum atomic E-state index is 12.0. The first-order valence-electron chi connectivity index (χ1n) is 7.33. The highest BCUT2D eigenvalue weighted by Gasteiger charge is 2.10. The lowest BCUT2D eigenvalue weighted by Gasteiger charge is -2.17. The molecule has 0 radical (unpaired) electrons. The van der Waals surface area contributed by atoms with E-state index in [9.17, 15) is 4.79 Å². The van der Waals surface area contributed by atoms with Crippen molar-refractivity contribution in [1.29, 1.82) is 0 Å². The van der Waals surface area contributed by atoms with Crippen LogP contribution in [0.5, 0.6) is 5.75 Å². The summed E-state index contributed by atoms with van der Waals surface area (Å²) < 4.78 is 5.11. The normalized spacial score (nSPS) is 11.6. The summed E-state index contributed by atoms with van der Waals surface area (Å²) in [4.78, 5) is 12.0. The zero-order chi connectivity index (χ0) is 15.9. The van der Waals surface area contributed by atoms with Crippen molar-refractivity contribution in [3.8, 4) is 5.75 Å². The molecule has 0 aliphatic heterocycles. The Kier molecular flexibility index (Phi) is 5.42. The number of benzene rings is 2. The molecule has 2 N–H and O–H groups in total.